The molecule has 14 heteroatoms. The summed E-state index contributed by atoms with van der Waals surface area (Å²) in [4.78, 5) is 55.6. The number of carboxylic acids is 2. The largest absolute Gasteiger partial charge is 1.00 e. The summed E-state index contributed by atoms with van der Waals surface area (Å²) in [5, 5.41) is 23.5. The molecular weight excluding hydrogens is 482 g/mol. The maximum Gasteiger partial charge on any atom is 0.326 e. The van der Waals surface area contributed by atoms with Gasteiger partial charge in [-0.1, -0.05) is 0 Å². The van der Waals surface area contributed by atoms with Gasteiger partial charge in [0.15, 0.2) is 5.82 Å². The Morgan fingerprint density at radius 2 is 1.97 bits per heavy atom. The maximum absolute atomic E-state index is 12.5. The summed E-state index contributed by atoms with van der Waals surface area (Å²) in [5.41, 5.74) is 6.70. The first-order valence-electron chi connectivity index (χ1n) is 10.6. The molecule has 0 bridgehead atoms. The van der Waals surface area contributed by atoms with E-state index in [0.29, 0.717) is 24.6 Å². The smallest absolute Gasteiger partial charge is 0.326 e. The summed E-state index contributed by atoms with van der Waals surface area (Å²) >= 11 is 0. The Hall–Kier alpha value is -4.13. The molecule has 0 fully saturated rings. The van der Waals surface area contributed by atoms with Gasteiger partial charge in [0.2, 0.25) is 18.0 Å². The van der Waals surface area contributed by atoms with Crippen molar-refractivity contribution in [3.63, 3.8) is 0 Å². The van der Waals surface area contributed by atoms with Crippen LogP contribution in [0.3, 0.4) is 0 Å². The Morgan fingerprint density at radius 3 is 2.63 bits per heavy atom. The number of aromatic nitrogens is 2. The van der Waals surface area contributed by atoms with Crippen LogP contribution in [0.2, 0.25) is 0 Å². The van der Waals surface area contributed by atoms with Crippen LogP contribution in [0.25, 0.3) is 0 Å². The van der Waals surface area contributed by atoms with Gasteiger partial charge in [-0.3, -0.25) is 19.4 Å². The Kier molecular flexibility index (Phi) is 7.59. The normalized spacial score (nSPS) is 17.0. The van der Waals surface area contributed by atoms with Crippen molar-refractivity contribution in [3.8, 4) is 0 Å². The van der Waals surface area contributed by atoms with E-state index in [1.165, 1.54) is 0 Å². The van der Waals surface area contributed by atoms with Gasteiger partial charge in [0.25, 0.3) is 5.91 Å². The van der Waals surface area contributed by atoms with Crippen LogP contribution >= 0.6 is 0 Å². The number of fused-ring (bicyclic) bond motifs is 3. The summed E-state index contributed by atoms with van der Waals surface area (Å²) in [6.45, 7) is 1.29. The molecule has 1 amide bonds. The number of aromatic amines is 1. The van der Waals surface area contributed by atoms with Crippen LogP contribution in [-0.4, -0.2) is 74.1 Å². The monoisotopic (exact) mass is 505 g/mol. The van der Waals surface area contributed by atoms with E-state index in [1.807, 2.05) is 15.8 Å². The van der Waals surface area contributed by atoms with Crippen LogP contribution in [0.5, 0.6) is 0 Å². The highest BCUT2D eigenvalue weighted by molar-refractivity contribution is 5.97. The molecule has 0 radical (unpaired) electrons. The summed E-state index contributed by atoms with van der Waals surface area (Å²) in [7, 11) is 0. The van der Waals surface area contributed by atoms with E-state index < -0.39 is 23.9 Å². The summed E-state index contributed by atoms with van der Waals surface area (Å²) in [5.74, 6) is -2.60. The van der Waals surface area contributed by atoms with Crippen LogP contribution in [0.15, 0.2) is 29.1 Å². The number of H-pyrrole nitrogens is 1. The van der Waals surface area contributed by atoms with Crippen molar-refractivity contribution in [2.75, 3.05) is 29.0 Å². The molecule has 3 heterocycles. The second kappa shape index (κ2) is 10.4. The van der Waals surface area contributed by atoms with E-state index in [-0.39, 0.29) is 48.4 Å². The number of carboxylic acid groups (broad SMARTS) is 2. The number of nitrogens with two attached hydrogens (primary N) is 1. The lowest BCUT2D eigenvalue weighted by Gasteiger charge is -2.31. The maximum atomic E-state index is 12.5. The molecule has 2 aliphatic heterocycles. The minimum Gasteiger partial charge on any atom is -1.00 e. The molecule has 0 aliphatic carbocycles. The third kappa shape index (κ3) is 5.51. The molecule has 7 N–H and O–H groups in total. The highest BCUT2D eigenvalue weighted by atomic mass is 35.5. The molecule has 4 rings (SSSR count). The van der Waals surface area contributed by atoms with Crippen molar-refractivity contribution < 1.29 is 41.6 Å². The highest BCUT2D eigenvalue weighted by Crippen LogP contribution is 2.28. The lowest BCUT2D eigenvalue weighted by atomic mass is 10.1. The number of hydrogen-bond acceptors (Lipinski definition) is 8. The number of amides is 1. The second-order valence-electron chi connectivity index (χ2n) is 8.03. The molecule has 13 nitrogen and oxygen atoms in total. The van der Waals surface area contributed by atoms with Crippen LogP contribution in [-0.2, 0) is 9.59 Å². The number of anilines is 3. The lowest BCUT2D eigenvalue weighted by Crippen LogP contribution is -3.00. The predicted octanol–water partition coefficient (Wildman–Crippen LogP) is -3.22. The average Bonchev–Trinajstić information content (AvgIpc) is 2.80. The van der Waals surface area contributed by atoms with E-state index in [0.717, 1.165) is 12.1 Å². The van der Waals surface area contributed by atoms with E-state index >= 15 is 0 Å². The van der Waals surface area contributed by atoms with Crippen molar-refractivity contribution >= 4 is 47.3 Å². The zero-order chi connectivity index (χ0) is 24.4. The average molecular weight is 506 g/mol. The fraction of sp³-hybridized carbons (Fsp3) is 0.333. The number of hydrogen-bond donors (Lipinski definition) is 6. The van der Waals surface area contributed by atoms with E-state index in [2.05, 4.69) is 20.6 Å². The van der Waals surface area contributed by atoms with Crippen LogP contribution in [0.4, 0.5) is 23.1 Å². The number of nitrogens with one attached hydrogen (secondary N) is 3. The van der Waals surface area contributed by atoms with Gasteiger partial charge in [0.1, 0.15) is 17.8 Å². The lowest BCUT2D eigenvalue weighted by molar-refractivity contribution is -0.485. The molecule has 1 aromatic carbocycles. The number of carbonyl (C=O) groups is 3. The van der Waals surface area contributed by atoms with Gasteiger partial charge in [-0.25, -0.2) is 14.3 Å². The summed E-state index contributed by atoms with van der Waals surface area (Å²) < 4.78 is 1.86. The number of aliphatic carboxylic acids is 2. The van der Waals surface area contributed by atoms with Crippen LogP contribution in [0, 0.1) is 0 Å². The Labute approximate surface area is 205 Å². The van der Waals surface area contributed by atoms with Crippen molar-refractivity contribution in [3.05, 3.63) is 40.2 Å². The van der Waals surface area contributed by atoms with Gasteiger partial charge in [0, 0.05) is 18.4 Å². The zero-order valence-corrected chi connectivity index (χ0v) is 19.2. The Balaban J connectivity index is 0.00000342. The van der Waals surface area contributed by atoms with E-state index in [1.54, 1.807) is 24.3 Å². The fourth-order valence-corrected chi connectivity index (χ4v) is 4.00. The standard InChI is InChI=1S/C21H23N7O6.ClH/c22-21-25-17-16(19(32)26-21)28-10-27(8-7-13(28)9-23-17)12-3-1-11(2-4-12)18(31)24-14(20(33)34)5-6-15(29)30;/h1-4,10,13-14H,5-9H2,(H6-,22,23,24,25,26,29,30,31,32,33,34);1H. The summed E-state index contributed by atoms with van der Waals surface area (Å²) in [6.07, 6.45) is 1.99. The van der Waals surface area contributed by atoms with Crippen molar-refractivity contribution in [2.24, 2.45) is 0 Å². The van der Waals surface area contributed by atoms with Crippen molar-refractivity contribution in [1.29, 1.82) is 0 Å². The van der Waals surface area contributed by atoms with E-state index in [4.69, 9.17) is 10.8 Å². The Morgan fingerprint density at radius 1 is 1.26 bits per heavy atom. The molecule has 186 valence electrons. The molecule has 0 saturated heterocycles. The molecule has 1 aromatic heterocycles. The topological polar surface area (TPSA) is 194 Å². The molecule has 2 aliphatic rings. The third-order valence-corrected chi connectivity index (χ3v) is 5.75. The first-order chi connectivity index (χ1) is 16.2. The van der Waals surface area contributed by atoms with Gasteiger partial charge >= 0.3 is 17.5 Å². The first-order valence-corrected chi connectivity index (χ1v) is 10.6. The third-order valence-electron chi connectivity index (χ3n) is 5.75. The van der Waals surface area contributed by atoms with Crippen molar-refractivity contribution in [1.82, 2.24) is 15.3 Å². The SMILES string of the molecule is Nc1nc2c(c(=O)[nH]1)[N+]1=CN(c3ccc(C(=O)NC(CCC(=O)O)C(=O)O)cc3)CCC1CN2.[Cl-]. The van der Waals surface area contributed by atoms with Gasteiger partial charge in [0.05, 0.1) is 13.1 Å². The number of benzene rings is 1. The van der Waals surface area contributed by atoms with Gasteiger partial charge < -0.3 is 39.0 Å². The molecule has 2 aromatic rings. The molecular formula is C21H24ClN7O6. The fourth-order valence-electron chi connectivity index (χ4n) is 4.00. The van der Waals surface area contributed by atoms with Crippen LogP contribution < -0.4 is 39.2 Å². The molecule has 2 unspecified atom stereocenters. The Bertz CT molecular complexity index is 1230. The second-order valence-corrected chi connectivity index (χ2v) is 8.03. The molecule has 35 heavy (non-hydrogen) atoms. The quantitative estimate of drug-likeness (QED) is 0.208. The minimum absolute atomic E-state index is 0. The minimum atomic E-state index is -1.30. The summed E-state index contributed by atoms with van der Waals surface area (Å²) in [6, 6.07) is 5.31. The number of nitrogen functional groups attached to an aromatic ring is 1. The molecule has 0 saturated carbocycles. The van der Waals surface area contributed by atoms with E-state index in [9.17, 15) is 24.3 Å². The van der Waals surface area contributed by atoms with Gasteiger partial charge in [-0.05, 0) is 30.7 Å². The van der Waals surface area contributed by atoms with Crippen molar-refractivity contribution in [2.45, 2.75) is 31.3 Å². The van der Waals surface area contributed by atoms with Crippen LogP contribution in [0.1, 0.15) is 29.6 Å². The first kappa shape index (κ1) is 25.5. The molecule has 0 spiro atoms. The zero-order valence-electron chi connectivity index (χ0n) is 18.4. The number of rotatable bonds is 7. The highest BCUT2D eigenvalue weighted by Gasteiger charge is 2.36. The number of carbonyl (C=O) groups excluding carboxylic acids is 1. The number of halogens is 1. The van der Waals surface area contributed by atoms with Gasteiger partial charge in [-0.15, -0.1) is 0 Å². The molecule has 2 atom stereocenters. The van der Waals surface area contributed by atoms with Gasteiger partial charge in [-0.2, -0.15) is 4.98 Å². The number of nitrogens with zero attached hydrogens (tertiary/aromatic N) is 3. The predicted molar refractivity (Wildman–Crippen MR) is 122 cm³/mol.